The smallest absolute Gasteiger partial charge is 0.317 e. The van der Waals surface area contributed by atoms with Crippen molar-refractivity contribution < 1.29 is 9.59 Å². The van der Waals surface area contributed by atoms with Crippen molar-refractivity contribution in [3.8, 4) is 0 Å². The molecule has 1 aliphatic heterocycles. The van der Waals surface area contributed by atoms with E-state index in [2.05, 4.69) is 37.4 Å². The first kappa shape index (κ1) is 15.8. The van der Waals surface area contributed by atoms with Gasteiger partial charge in [0, 0.05) is 25.7 Å². The monoisotopic (exact) mass is 315 g/mol. The summed E-state index contributed by atoms with van der Waals surface area (Å²) in [5, 5.41) is 2.97. The Labute approximate surface area is 137 Å². The summed E-state index contributed by atoms with van der Waals surface area (Å²) in [6.07, 6.45) is 2.23. The van der Waals surface area contributed by atoms with E-state index in [1.165, 1.54) is 11.1 Å². The average molecular weight is 315 g/mol. The van der Waals surface area contributed by atoms with Gasteiger partial charge in [-0.15, -0.1) is 0 Å². The molecule has 3 rings (SSSR count). The second-order valence-electron chi connectivity index (χ2n) is 6.74. The number of urea groups is 1. The van der Waals surface area contributed by atoms with Gasteiger partial charge in [-0.1, -0.05) is 36.8 Å². The summed E-state index contributed by atoms with van der Waals surface area (Å²) in [4.78, 5) is 27.9. The Hall–Kier alpha value is -2.04. The number of carbonyl (C=O) groups is 2. The highest BCUT2D eigenvalue weighted by Gasteiger charge is 2.36. The molecular weight excluding hydrogens is 290 g/mol. The maximum Gasteiger partial charge on any atom is 0.317 e. The van der Waals surface area contributed by atoms with Gasteiger partial charge in [-0.2, -0.15) is 0 Å². The Kier molecular flexibility index (Phi) is 4.55. The van der Waals surface area contributed by atoms with Crippen molar-refractivity contribution in [3.63, 3.8) is 0 Å². The minimum Gasteiger partial charge on any atom is -0.337 e. The minimum atomic E-state index is -0.131. The number of nitrogens with zero attached hydrogens (tertiary/aromatic N) is 2. The summed E-state index contributed by atoms with van der Waals surface area (Å²) in [7, 11) is 0. The van der Waals surface area contributed by atoms with Crippen LogP contribution >= 0.6 is 0 Å². The van der Waals surface area contributed by atoms with E-state index in [1.807, 2.05) is 11.0 Å². The van der Waals surface area contributed by atoms with E-state index >= 15 is 0 Å². The number of rotatable bonds is 4. The van der Waals surface area contributed by atoms with Crippen molar-refractivity contribution in [2.24, 2.45) is 0 Å². The lowest BCUT2D eigenvalue weighted by molar-refractivity contribution is -0.135. The Morgan fingerprint density at radius 2 is 2.13 bits per heavy atom. The van der Waals surface area contributed by atoms with Gasteiger partial charge in [0.1, 0.15) is 6.54 Å². The molecule has 0 radical (unpaired) electrons. The molecule has 5 nitrogen and oxygen atoms in total. The SMILES string of the molecule is Cc1cccc(C(C)CNC(=O)N2CCN(C3CC3)C(=O)C2)c1. The Morgan fingerprint density at radius 1 is 1.35 bits per heavy atom. The van der Waals surface area contributed by atoms with Crippen molar-refractivity contribution in [1.29, 1.82) is 0 Å². The topological polar surface area (TPSA) is 52.7 Å². The van der Waals surface area contributed by atoms with Crippen LogP contribution in [0.3, 0.4) is 0 Å². The second-order valence-corrected chi connectivity index (χ2v) is 6.74. The van der Waals surface area contributed by atoms with E-state index in [0.717, 1.165) is 12.8 Å². The molecule has 1 aromatic carbocycles. The Bertz CT molecular complexity index is 598. The summed E-state index contributed by atoms with van der Waals surface area (Å²) in [6, 6.07) is 8.65. The third-order valence-electron chi connectivity index (χ3n) is 4.70. The van der Waals surface area contributed by atoms with Gasteiger partial charge in [-0.25, -0.2) is 4.79 Å². The lowest BCUT2D eigenvalue weighted by Gasteiger charge is -2.34. The Morgan fingerprint density at radius 3 is 2.78 bits per heavy atom. The van der Waals surface area contributed by atoms with Crippen LogP contribution in [0.4, 0.5) is 4.79 Å². The molecule has 1 heterocycles. The first-order valence-corrected chi connectivity index (χ1v) is 8.43. The highest BCUT2D eigenvalue weighted by molar-refractivity contribution is 5.85. The van der Waals surface area contributed by atoms with E-state index in [9.17, 15) is 9.59 Å². The number of nitrogens with one attached hydrogen (secondary N) is 1. The number of hydrogen-bond donors (Lipinski definition) is 1. The molecule has 0 aromatic heterocycles. The van der Waals surface area contributed by atoms with Gasteiger partial charge in [0.2, 0.25) is 5.91 Å². The number of carbonyl (C=O) groups excluding carboxylic acids is 2. The van der Waals surface area contributed by atoms with Gasteiger partial charge >= 0.3 is 6.03 Å². The van der Waals surface area contributed by atoms with E-state index in [-0.39, 0.29) is 24.4 Å². The molecule has 1 aromatic rings. The van der Waals surface area contributed by atoms with Crippen LogP contribution in [0.5, 0.6) is 0 Å². The largest absolute Gasteiger partial charge is 0.337 e. The molecule has 1 aliphatic carbocycles. The van der Waals surface area contributed by atoms with Crippen molar-refractivity contribution in [2.75, 3.05) is 26.2 Å². The fourth-order valence-electron chi connectivity index (χ4n) is 3.08. The molecule has 0 spiro atoms. The van der Waals surface area contributed by atoms with Crippen molar-refractivity contribution >= 4 is 11.9 Å². The number of piperazine rings is 1. The molecule has 124 valence electrons. The normalized spacial score (nSPS) is 19.7. The molecule has 1 unspecified atom stereocenters. The molecule has 23 heavy (non-hydrogen) atoms. The predicted molar refractivity (Wildman–Crippen MR) is 89.3 cm³/mol. The fraction of sp³-hybridized carbons (Fsp3) is 0.556. The van der Waals surface area contributed by atoms with Crippen LogP contribution in [0, 0.1) is 6.92 Å². The van der Waals surface area contributed by atoms with E-state index < -0.39 is 0 Å². The van der Waals surface area contributed by atoms with Crippen LogP contribution in [-0.4, -0.2) is 54.0 Å². The van der Waals surface area contributed by atoms with Crippen LogP contribution in [0.1, 0.15) is 36.8 Å². The summed E-state index contributed by atoms with van der Waals surface area (Å²) >= 11 is 0. The molecule has 2 fully saturated rings. The molecule has 1 saturated carbocycles. The molecule has 1 atom stereocenters. The van der Waals surface area contributed by atoms with Gasteiger partial charge in [0.05, 0.1) is 0 Å². The molecule has 2 aliphatic rings. The lowest BCUT2D eigenvalue weighted by atomic mass is 9.99. The highest BCUT2D eigenvalue weighted by atomic mass is 16.2. The summed E-state index contributed by atoms with van der Waals surface area (Å²) in [6.45, 7) is 6.27. The third-order valence-corrected chi connectivity index (χ3v) is 4.70. The van der Waals surface area contributed by atoms with Crippen LogP contribution in [0.15, 0.2) is 24.3 Å². The van der Waals surface area contributed by atoms with Crippen molar-refractivity contribution in [2.45, 2.75) is 38.6 Å². The van der Waals surface area contributed by atoms with Crippen molar-refractivity contribution in [1.82, 2.24) is 15.1 Å². The van der Waals surface area contributed by atoms with Gasteiger partial charge in [-0.05, 0) is 31.2 Å². The quantitative estimate of drug-likeness (QED) is 0.925. The standard InChI is InChI=1S/C18H25N3O2/c1-13-4-3-5-15(10-13)14(2)11-19-18(23)20-8-9-21(16-6-7-16)17(22)12-20/h3-5,10,14,16H,6-9,11-12H2,1-2H3,(H,19,23). The van der Waals surface area contributed by atoms with E-state index in [0.29, 0.717) is 25.7 Å². The zero-order valence-corrected chi connectivity index (χ0v) is 13.9. The lowest BCUT2D eigenvalue weighted by Crippen LogP contribution is -2.55. The van der Waals surface area contributed by atoms with Crippen LogP contribution < -0.4 is 5.32 Å². The number of amides is 3. The molecule has 1 N–H and O–H groups in total. The first-order valence-electron chi connectivity index (χ1n) is 8.43. The van der Waals surface area contributed by atoms with E-state index in [4.69, 9.17) is 0 Å². The van der Waals surface area contributed by atoms with Crippen molar-refractivity contribution in [3.05, 3.63) is 35.4 Å². The average Bonchev–Trinajstić information content (AvgIpc) is 3.37. The predicted octanol–water partition coefficient (Wildman–Crippen LogP) is 2.11. The third kappa shape index (κ3) is 3.84. The van der Waals surface area contributed by atoms with Gasteiger partial charge in [0.15, 0.2) is 0 Å². The van der Waals surface area contributed by atoms with Gasteiger partial charge in [0.25, 0.3) is 0 Å². The van der Waals surface area contributed by atoms with Crippen LogP contribution in [0.25, 0.3) is 0 Å². The maximum absolute atomic E-state index is 12.3. The first-order chi connectivity index (χ1) is 11.0. The molecular formula is C18H25N3O2. The second kappa shape index (κ2) is 6.60. The van der Waals surface area contributed by atoms with Gasteiger partial charge < -0.3 is 15.1 Å². The molecule has 0 bridgehead atoms. The van der Waals surface area contributed by atoms with Gasteiger partial charge in [-0.3, -0.25) is 4.79 Å². The number of aryl methyl sites for hydroxylation is 1. The highest BCUT2D eigenvalue weighted by Crippen LogP contribution is 2.28. The summed E-state index contributed by atoms with van der Waals surface area (Å²) in [5.41, 5.74) is 2.45. The fourth-order valence-corrected chi connectivity index (χ4v) is 3.08. The summed E-state index contributed by atoms with van der Waals surface area (Å²) < 4.78 is 0. The molecule has 3 amide bonds. The Balaban J connectivity index is 1.48. The zero-order chi connectivity index (χ0) is 16.4. The van der Waals surface area contributed by atoms with Crippen LogP contribution in [-0.2, 0) is 4.79 Å². The summed E-state index contributed by atoms with van der Waals surface area (Å²) in [5.74, 6) is 0.336. The maximum atomic E-state index is 12.3. The number of hydrogen-bond acceptors (Lipinski definition) is 2. The number of benzene rings is 1. The molecule has 5 heteroatoms. The van der Waals surface area contributed by atoms with E-state index in [1.54, 1.807) is 4.90 Å². The van der Waals surface area contributed by atoms with Crippen LogP contribution in [0.2, 0.25) is 0 Å². The zero-order valence-electron chi connectivity index (χ0n) is 13.9. The molecule has 1 saturated heterocycles. The minimum absolute atomic E-state index is 0.0839.